The number of phenolic OH excluding ortho intramolecular Hbond substituents is 1. The maximum Gasteiger partial charge on any atom is 0.231 e. The molecule has 2 heterocycles. The van der Waals surface area contributed by atoms with Crippen molar-refractivity contribution >= 4 is 10.9 Å². The molecule has 0 saturated carbocycles. The molecule has 1 unspecified atom stereocenters. The summed E-state index contributed by atoms with van der Waals surface area (Å²) in [5.41, 5.74) is 3.96. The van der Waals surface area contributed by atoms with Gasteiger partial charge < -0.3 is 19.6 Å². The van der Waals surface area contributed by atoms with Gasteiger partial charge in [-0.15, -0.1) is 0 Å². The van der Waals surface area contributed by atoms with E-state index in [2.05, 4.69) is 29.2 Å². The van der Waals surface area contributed by atoms with Gasteiger partial charge in [0, 0.05) is 23.0 Å². The molecule has 0 bridgehead atoms. The highest BCUT2D eigenvalue weighted by Gasteiger charge is 2.30. The fourth-order valence-electron chi connectivity index (χ4n) is 3.74. The van der Waals surface area contributed by atoms with Gasteiger partial charge in [0.25, 0.3) is 0 Å². The highest BCUT2D eigenvalue weighted by Crippen LogP contribution is 2.49. The summed E-state index contributed by atoms with van der Waals surface area (Å²) >= 11 is 0. The Labute approximate surface area is 150 Å². The van der Waals surface area contributed by atoms with E-state index in [1.807, 2.05) is 36.5 Å². The zero-order chi connectivity index (χ0) is 17.5. The number of rotatable bonds is 3. The molecule has 1 aliphatic rings. The first-order valence-electron chi connectivity index (χ1n) is 8.55. The van der Waals surface area contributed by atoms with Crippen LogP contribution in [0.5, 0.6) is 17.2 Å². The number of ether oxygens (including phenoxy) is 2. The molecule has 1 aliphatic heterocycles. The Morgan fingerprint density at radius 2 is 1.69 bits per heavy atom. The van der Waals surface area contributed by atoms with Crippen LogP contribution in [0, 0.1) is 0 Å². The van der Waals surface area contributed by atoms with E-state index in [1.165, 1.54) is 0 Å². The Morgan fingerprint density at radius 3 is 2.58 bits per heavy atom. The Morgan fingerprint density at radius 1 is 0.885 bits per heavy atom. The monoisotopic (exact) mass is 343 g/mol. The number of nitrogens with one attached hydrogen (secondary N) is 1. The average molecular weight is 343 g/mol. The molecule has 4 aromatic rings. The summed E-state index contributed by atoms with van der Waals surface area (Å²) in [5, 5.41) is 11.9. The highest BCUT2D eigenvalue weighted by molar-refractivity contribution is 5.85. The van der Waals surface area contributed by atoms with Gasteiger partial charge in [-0.3, -0.25) is 0 Å². The van der Waals surface area contributed by atoms with E-state index in [0.29, 0.717) is 11.5 Å². The Hall–Kier alpha value is -3.40. The van der Waals surface area contributed by atoms with Gasteiger partial charge >= 0.3 is 0 Å². The SMILES string of the molecule is Oc1ccc2c(c1C(c1ccccc1)c1c[nH]c3ccccc13)OCO2. The number of para-hydroxylation sites is 1. The summed E-state index contributed by atoms with van der Waals surface area (Å²) in [5.74, 6) is 1.31. The van der Waals surface area contributed by atoms with Crippen LogP contribution in [0.25, 0.3) is 10.9 Å². The van der Waals surface area contributed by atoms with Crippen LogP contribution in [0.3, 0.4) is 0 Å². The first-order chi connectivity index (χ1) is 12.8. The lowest BCUT2D eigenvalue weighted by Gasteiger charge is -2.20. The molecular formula is C22H17NO3. The molecule has 4 nitrogen and oxygen atoms in total. The maximum absolute atomic E-state index is 10.7. The van der Waals surface area contributed by atoms with Crippen LogP contribution >= 0.6 is 0 Å². The van der Waals surface area contributed by atoms with Crippen molar-refractivity contribution in [3.63, 3.8) is 0 Å². The number of aromatic nitrogens is 1. The third-order valence-corrected chi connectivity index (χ3v) is 4.91. The van der Waals surface area contributed by atoms with E-state index in [0.717, 1.165) is 27.6 Å². The normalized spacial score (nSPS) is 13.8. The largest absolute Gasteiger partial charge is 0.507 e. The molecule has 1 aromatic heterocycles. The molecule has 4 heteroatoms. The molecule has 5 rings (SSSR count). The molecule has 128 valence electrons. The van der Waals surface area contributed by atoms with Crippen LogP contribution in [-0.2, 0) is 0 Å². The lowest BCUT2D eigenvalue weighted by Crippen LogP contribution is -2.05. The van der Waals surface area contributed by atoms with E-state index in [-0.39, 0.29) is 18.5 Å². The predicted octanol–water partition coefficient (Wildman–Crippen LogP) is 4.78. The van der Waals surface area contributed by atoms with Crippen molar-refractivity contribution in [2.24, 2.45) is 0 Å². The highest BCUT2D eigenvalue weighted by atomic mass is 16.7. The standard InChI is InChI=1S/C22H17NO3/c24-18-10-11-19-22(26-13-25-19)21(18)20(14-6-2-1-3-7-14)16-12-23-17-9-5-4-8-15(16)17/h1-12,20,23-24H,13H2. The van der Waals surface area contributed by atoms with Gasteiger partial charge in [-0.05, 0) is 29.3 Å². The molecule has 3 aromatic carbocycles. The van der Waals surface area contributed by atoms with Crippen molar-refractivity contribution in [2.75, 3.05) is 6.79 Å². The van der Waals surface area contributed by atoms with Crippen molar-refractivity contribution in [2.45, 2.75) is 5.92 Å². The van der Waals surface area contributed by atoms with Crippen molar-refractivity contribution in [3.8, 4) is 17.2 Å². The summed E-state index contributed by atoms with van der Waals surface area (Å²) in [6.45, 7) is 0.168. The van der Waals surface area contributed by atoms with Crippen molar-refractivity contribution < 1.29 is 14.6 Å². The fourth-order valence-corrected chi connectivity index (χ4v) is 3.74. The lowest BCUT2D eigenvalue weighted by atomic mass is 9.84. The minimum absolute atomic E-state index is 0.168. The number of phenols is 1. The van der Waals surface area contributed by atoms with Crippen molar-refractivity contribution in [3.05, 3.63) is 89.6 Å². The van der Waals surface area contributed by atoms with Crippen molar-refractivity contribution in [1.29, 1.82) is 0 Å². The molecule has 0 amide bonds. The molecule has 1 atom stereocenters. The number of aromatic amines is 1. The average Bonchev–Trinajstić information content (AvgIpc) is 3.32. The lowest BCUT2D eigenvalue weighted by molar-refractivity contribution is 0.173. The first-order valence-corrected chi connectivity index (χ1v) is 8.55. The zero-order valence-electron chi connectivity index (χ0n) is 14.0. The fraction of sp³-hybridized carbons (Fsp3) is 0.0909. The van der Waals surface area contributed by atoms with Crippen LogP contribution in [0.15, 0.2) is 72.9 Å². The second kappa shape index (κ2) is 5.85. The number of fused-ring (bicyclic) bond motifs is 2. The molecule has 0 fully saturated rings. The predicted molar refractivity (Wildman–Crippen MR) is 99.9 cm³/mol. The van der Waals surface area contributed by atoms with Gasteiger partial charge in [0.1, 0.15) is 5.75 Å². The van der Waals surface area contributed by atoms with E-state index >= 15 is 0 Å². The Balaban J connectivity index is 1.81. The number of hydrogen-bond donors (Lipinski definition) is 2. The molecule has 0 aliphatic carbocycles. The first kappa shape index (κ1) is 14.9. The smallest absolute Gasteiger partial charge is 0.231 e. The quantitative estimate of drug-likeness (QED) is 0.563. The maximum atomic E-state index is 10.7. The molecule has 0 saturated heterocycles. The second-order valence-electron chi connectivity index (χ2n) is 6.37. The Bertz CT molecular complexity index is 1090. The third kappa shape index (κ3) is 2.23. The third-order valence-electron chi connectivity index (χ3n) is 4.91. The number of benzene rings is 3. The van der Waals surface area contributed by atoms with Gasteiger partial charge in [0.05, 0.1) is 5.56 Å². The minimum Gasteiger partial charge on any atom is -0.507 e. The summed E-state index contributed by atoms with van der Waals surface area (Å²) in [7, 11) is 0. The van der Waals surface area contributed by atoms with Crippen LogP contribution in [0.1, 0.15) is 22.6 Å². The summed E-state index contributed by atoms with van der Waals surface area (Å²) in [6, 6.07) is 21.7. The van der Waals surface area contributed by atoms with Crippen LogP contribution in [0.4, 0.5) is 0 Å². The van der Waals surface area contributed by atoms with Crippen molar-refractivity contribution in [1.82, 2.24) is 4.98 Å². The van der Waals surface area contributed by atoms with E-state index < -0.39 is 0 Å². The number of H-pyrrole nitrogens is 1. The summed E-state index contributed by atoms with van der Waals surface area (Å²) < 4.78 is 11.3. The van der Waals surface area contributed by atoms with Gasteiger partial charge in [-0.2, -0.15) is 0 Å². The van der Waals surface area contributed by atoms with Gasteiger partial charge in [0.2, 0.25) is 6.79 Å². The molecule has 2 N–H and O–H groups in total. The number of aromatic hydroxyl groups is 1. The van der Waals surface area contributed by atoms with Gasteiger partial charge in [-0.1, -0.05) is 48.5 Å². The number of hydrogen-bond acceptors (Lipinski definition) is 3. The molecule has 0 radical (unpaired) electrons. The van der Waals surface area contributed by atoms with Gasteiger partial charge in [0.15, 0.2) is 11.5 Å². The van der Waals surface area contributed by atoms with E-state index in [1.54, 1.807) is 12.1 Å². The second-order valence-corrected chi connectivity index (χ2v) is 6.37. The summed E-state index contributed by atoms with van der Waals surface area (Å²) in [4.78, 5) is 3.34. The van der Waals surface area contributed by atoms with Crippen LogP contribution in [-0.4, -0.2) is 16.9 Å². The minimum atomic E-state index is -0.177. The molecule has 0 spiro atoms. The van der Waals surface area contributed by atoms with Crippen LogP contribution in [0.2, 0.25) is 0 Å². The zero-order valence-corrected chi connectivity index (χ0v) is 14.0. The summed E-state index contributed by atoms with van der Waals surface area (Å²) in [6.07, 6.45) is 2.01. The van der Waals surface area contributed by atoms with E-state index in [4.69, 9.17) is 9.47 Å². The Kier molecular flexibility index (Phi) is 3.35. The molecule has 26 heavy (non-hydrogen) atoms. The molecular weight excluding hydrogens is 326 g/mol. The van der Waals surface area contributed by atoms with E-state index in [9.17, 15) is 5.11 Å². The topological polar surface area (TPSA) is 54.5 Å². The van der Waals surface area contributed by atoms with Gasteiger partial charge in [-0.25, -0.2) is 0 Å². The van der Waals surface area contributed by atoms with Crippen LogP contribution < -0.4 is 9.47 Å².